The first-order valence-electron chi connectivity index (χ1n) is 7.59. The lowest BCUT2D eigenvalue weighted by Gasteiger charge is -2.35. The van der Waals surface area contributed by atoms with Gasteiger partial charge in [0, 0.05) is 39.1 Å². The molecule has 0 saturated carbocycles. The summed E-state index contributed by atoms with van der Waals surface area (Å²) in [5, 5.41) is 0. The van der Waals surface area contributed by atoms with Crippen molar-refractivity contribution in [3.05, 3.63) is 0 Å². The van der Waals surface area contributed by atoms with E-state index in [9.17, 15) is 14.4 Å². The highest BCUT2D eigenvalue weighted by Gasteiger charge is 2.33. The normalized spacial score (nSPS) is 23.1. The molecule has 0 aromatic heterocycles. The Bertz CT molecular complexity index is 426. The molecule has 2 rings (SSSR count). The van der Waals surface area contributed by atoms with E-state index in [4.69, 9.17) is 5.73 Å². The minimum atomic E-state index is -0.273. The average Bonchev–Trinajstić information content (AvgIpc) is 2.73. The van der Waals surface area contributed by atoms with E-state index in [0.717, 1.165) is 25.8 Å². The zero-order valence-electron chi connectivity index (χ0n) is 12.6. The van der Waals surface area contributed by atoms with Gasteiger partial charge in [-0.15, -0.1) is 0 Å². The van der Waals surface area contributed by atoms with Crippen LogP contribution in [0.1, 0.15) is 32.1 Å². The molecule has 0 aromatic carbocycles. The lowest BCUT2D eigenvalue weighted by molar-refractivity contribution is -0.135. The Morgan fingerprint density at radius 2 is 2.10 bits per heavy atom. The minimum absolute atomic E-state index is 0.0811. The number of nitrogens with zero attached hydrogens (tertiary/aromatic N) is 3. The minimum Gasteiger partial charge on any atom is -0.338 e. The third kappa shape index (κ3) is 3.53. The maximum atomic E-state index is 12.2. The molecule has 0 aromatic rings. The van der Waals surface area contributed by atoms with Gasteiger partial charge in [0.15, 0.2) is 0 Å². The SMILES string of the molecule is CN1CC(=O)N(CCCC(=O)N2CCCCC2CN)C1=O. The molecule has 118 valence electrons. The van der Waals surface area contributed by atoms with Gasteiger partial charge < -0.3 is 15.5 Å². The molecule has 2 N–H and O–H groups in total. The molecule has 1 atom stereocenters. The summed E-state index contributed by atoms with van der Waals surface area (Å²) >= 11 is 0. The van der Waals surface area contributed by atoms with Crippen molar-refractivity contribution in [3.63, 3.8) is 0 Å². The Hall–Kier alpha value is -1.63. The van der Waals surface area contributed by atoms with E-state index < -0.39 is 0 Å². The number of likely N-dealkylation sites (tertiary alicyclic amines) is 1. The molecule has 0 bridgehead atoms. The molecule has 0 aliphatic carbocycles. The van der Waals surface area contributed by atoms with Crippen LogP contribution in [0.4, 0.5) is 4.79 Å². The summed E-state index contributed by atoms with van der Waals surface area (Å²) in [4.78, 5) is 40.1. The van der Waals surface area contributed by atoms with Crippen LogP contribution in [-0.2, 0) is 9.59 Å². The fourth-order valence-corrected chi connectivity index (χ4v) is 2.99. The van der Waals surface area contributed by atoms with Gasteiger partial charge in [0.05, 0.1) is 0 Å². The number of amides is 4. The van der Waals surface area contributed by atoms with Gasteiger partial charge in [-0.05, 0) is 25.7 Å². The molecule has 2 heterocycles. The van der Waals surface area contributed by atoms with Crippen molar-refractivity contribution in [1.29, 1.82) is 0 Å². The Morgan fingerprint density at radius 1 is 1.33 bits per heavy atom. The fraction of sp³-hybridized carbons (Fsp3) is 0.786. The molecule has 4 amide bonds. The molecule has 0 radical (unpaired) electrons. The number of hydrogen-bond acceptors (Lipinski definition) is 4. The first-order chi connectivity index (χ1) is 10.0. The second-order valence-corrected chi connectivity index (χ2v) is 5.76. The average molecular weight is 296 g/mol. The van der Waals surface area contributed by atoms with Crippen molar-refractivity contribution in [2.24, 2.45) is 5.73 Å². The lowest BCUT2D eigenvalue weighted by atomic mass is 10.0. The van der Waals surface area contributed by atoms with Crippen molar-refractivity contribution < 1.29 is 14.4 Å². The summed E-state index contributed by atoms with van der Waals surface area (Å²) in [6.45, 7) is 1.72. The maximum Gasteiger partial charge on any atom is 0.326 e. The van der Waals surface area contributed by atoms with E-state index in [1.807, 2.05) is 4.90 Å². The number of hydrogen-bond donors (Lipinski definition) is 1. The molecular weight excluding hydrogens is 272 g/mol. The third-order valence-corrected chi connectivity index (χ3v) is 4.22. The maximum absolute atomic E-state index is 12.2. The third-order valence-electron chi connectivity index (χ3n) is 4.22. The molecular formula is C14H24N4O3. The summed E-state index contributed by atoms with van der Waals surface area (Å²) in [5.41, 5.74) is 5.71. The van der Waals surface area contributed by atoms with Crippen molar-refractivity contribution in [2.75, 3.05) is 33.2 Å². The fourth-order valence-electron chi connectivity index (χ4n) is 2.99. The summed E-state index contributed by atoms with van der Waals surface area (Å²) in [6.07, 6.45) is 3.98. The molecule has 21 heavy (non-hydrogen) atoms. The van der Waals surface area contributed by atoms with Crippen LogP contribution in [0.5, 0.6) is 0 Å². The Balaban J connectivity index is 1.79. The first kappa shape index (κ1) is 15.8. The van der Waals surface area contributed by atoms with Crippen LogP contribution in [0.25, 0.3) is 0 Å². The van der Waals surface area contributed by atoms with Gasteiger partial charge in [-0.3, -0.25) is 14.5 Å². The van der Waals surface area contributed by atoms with Crippen LogP contribution >= 0.6 is 0 Å². The monoisotopic (exact) mass is 296 g/mol. The van der Waals surface area contributed by atoms with Crippen LogP contribution in [0.15, 0.2) is 0 Å². The largest absolute Gasteiger partial charge is 0.338 e. The molecule has 7 nitrogen and oxygen atoms in total. The van der Waals surface area contributed by atoms with E-state index in [0.29, 0.717) is 25.9 Å². The van der Waals surface area contributed by atoms with Crippen LogP contribution in [-0.4, -0.2) is 71.8 Å². The number of carbonyl (C=O) groups is 3. The van der Waals surface area contributed by atoms with Crippen LogP contribution in [0.2, 0.25) is 0 Å². The van der Waals surface area contributed by atoms with E-state index in [2.05, 4.69) is 0 Å². The van der Waals surface area contributed by atoms with Gasteiger partial charge in [0.1, 0.15) is 6.54 Å². The molecule has 7 heteroatoms. The number of rotatable bonds is 5. The smallest absolute Gasteiger partial charge is 0.326 e. The van der Waals surface area contributed by atoms with Crippen LogP contribution in [0.3, 0.4) is 0 Å². The van der Waals surface area contributed by atoms with Gasteiger partial charge in [0.2, 0.25) is 11.8 Å². The van der Waals surface area contributed by atoms with E-state index >= 15 is 0 Å². The van der Waals surface area contributed by atoms with E-state index in [-0.39, 0.29) is 30.4 Å². The summed E-state index contributed by atoms with van der Waals surface area (Å²) in [5.74, 6) is -0.106. The predicted octanol–water partition coefficient (Wildman–Crippen LogP) is 0.000400. The van der Waals surface area contributed by atoms with Crippen molar-refractivity contribution in [1.82, 2.24) is 14.7 Å². The Labute approximate surface area is 125 Å². The van der Waals surface area contributed by atoms with E-state index in [1.54, 1.807) is 7.05 Å². The molecule has 2 fully saturated rings. The van der Waals surface area contributed by atoms with Gasteiger partial charge in [0.25, 0.3) is 0 Å². The molecule has 2 saturated heterocycles. The number of nitrogens with two attached hydrogens (primary N) is 1. The number of likely N-dealkylation sites (N-methyl/N-ethyl adjacent to an activating group) is 1. The van der Waals surface area contributed by atoms with Crippen molar-refractivity contribution in [2.45, 2.75) is 38.1 Å². The number of carbonyl (C=O) groups excluding carboxylic acids is 3. The standard InChI is InChI=1S/C14H24N4O3/c1-16-10-13(20)18(14(16)21)8-4-6-12(19)17-7-3-2-5-11(17)9-15/h11H,2-10,15H2,1H3. The zero-order valence-corrected chi connectivity index (χ0v) is 12.6. The van der Waals surface area contributed by atoms with Crippen molar-refractivity contribution >= 4 is 17.8 Å². The summed E-state index contributed by atoms with van der Waals surface area (Å²) in [6, 6.07) is -0.127. The molecule has 2 aliphatic rings. The Morgan fingerprint density at radius 3 is 2.71 bits per heavy atom. The topological polar surface area (TPSA) is 87.0 Å². The van der Waals surface area contributed by atoms with Gasteiger partial charge in [-0.2, -0.15) is 0 Å². The Kier molecular flexibility index (Phi) is 5.17. The first-order valence-corrected chi connectivity index (χ1v) is 7.59. The second-order valence-electron chi connectivity index (χ2n) is 5.76. The zero-order chi connectivity index (χ0) is 15.4. The summed E-state index contributed by atoms with van der Waals surface area (Å²) < 4.78 is 0. The molecule has 0 spiro atoms. The molecule has 2 aliphatic heterocycles. The van der Waals surface area contributed by atoms with Crippen molar-refractivity contribution in [3.8, 4) is 0 Å². The van der Waals surface area contributed by atoms with Crippen LogP contribution in [0, 0.1) is 0 Å². The second kappa shape index (κ2) is 6.89. The van der Waals surface area contributed by atoms with Gasteiger partial charge in [-0.25, -0.2) is 4.79 Å². The van der Waals surface area contributed by atoms with Crippen LogP contribution < -0.4 is 5.73 Å². The van der Waals surface area contributed by atoms with Gasteiger partial charge >= 0.3 is 6.03 Å². The highest BCUT2D eigenvalue weighted by molar-refractivity contribution is 6.01. The highest BCUT2D eigenvalue weighted by Crippen LogP contribution is 2.18. The molecule has 1 unspecified atom stereocenters. The number of imide groups is 1. The lowest BCUT2D eigenvalue weighted by Crippen LogP contribution is -2.47. The quantitative estimate of drug-likeness (QED) is 0.723. The summed E-state index contributed by atoms with van der Waals surface area (Å²) in [7, 11) is 1.60. The highest BCUT2D eigenvalue weighted by atomic mass is 16.2. The predicted molar refractivity (Wildman–Crippen MR) is 77.4 cm³/mol. The number of piperidine rings is 1. The van der Waals surface area contributed by atoms with Gasteiger partial charge in [-0.1, -0.05) is 0 Å². The van der Waals surface area contributed by atoms with E-state index in [1.165, 1.54) is 9.80 Å². The number of urea groups is 1.